The van der Waals surface area contributed by atoms with Gasteiger partial charge in [-0.05, 0) is 31.4 Å². The molecule has 0 bridgehead atoms. The Labute approximate surface area is 173 Å². The molecule has 0 radical (unpaired) electrons. The molecule has 2 heterocycles. The quantitative estimate of drug-likeness (QED) is 0.506. The highest BCUT2D eigenvalue weighted by Gasteiger charge is 2.31. The lowest BCUT2D eigenvalue weighted by molar-refractivity contribution is 0.140. The molecule has 2 atom stereocenters. The Morgan fingerprint density at radius 3 is 2.86 bits per heavy atom. The molecule has 2 fully saturated rings. The predicted octanol–water partition coefficient (Wildman–Crippen LogP) is 1.25. The summed E-state index contributed by atoms with van der Waals surface area (Å²) in [5.74, 6) is 1.50. The Morgan fingerprint density at radius 1 is 1.34 bits per heavy atom. The van der Waals surface area contributed by atoms with Crippen LogP contribution in [0.3, 0.4) is 0 Å². The van der Waals surface area contributed by atoms with Gasteiger partial charge < -0.3 is 20.1 Å². The van der Waals surface area contributed by atoms with Crippen LogP contribution in [0.2, 0.25) is 0 Å². The zero-order valence-corrected chi connectivity index (χ0v) is 18.3. The lowest BCUT2D eigenvalue weighted by Gasteiger charge is -2.23. The number of guanidine groups is 1. The van der Waals surface area contributed by atoms with Crippen molar-refractivity contribution in [3.05, 3.63) is 29.3 Å². The molecule has 0 spiro atoms. The first-order valence-corrected chi connectivity index (χ1v) is 12.0. The number of nitrogens with one attached hydrogen (secondary N) is 2. The lowest BCUT2D eigenvalue weighted by atomic mass is 10.1. The maximum atomic E-state index is 11.9. The summed E-state index contributed by atoms with van der Waals surface area (Å²) in [5, 5.41) is 6.57. The summed E-state index contributed by atoms with van der Waals surface area (Å²) in [5.41, 5.74) is 2.19. The Bertz CT molecular complexity index is 822. The van der Waals surface area contributed by atoms with Crippen molar-refractivity contribution in [1.82, 2.24) is 14.9 Å². The average Bonchev–Trinajstić information content (AvgIpc) is 3.34. The van der Waals surface area contributed by atoms with Gasteiger partial charge in [-0.2, -0.15) is 4.31 Å². The normalized spacial score (nSPS) is 23.3. The largest absolute Gasteiger partial charge is 0.488 e. The van der Waals surface area contributed by atoms with Crippen LogP contribution in [0, 0.1) is 6.92 Å². The first kappa shape index (κ1) is 21.9. The monoisotopic (exact) mass is 424 g/mol. The zero-order chi connectivity index (χ0) is 20.9. The number of aryl methyl sites for hydroxylation is 1. The van der Waals surface area contributed by atoms with Gasteiger partial charge in [0.05, 0.1) is 19.5 Å². The number of benzene rings is 1. The third kappa shape index (κ3) is 6.07. The molecule has 0 aromatic heterocycles. The summed E-state index contributed by atoms with van der Waals surface area (Å²) in [6.07, 6.45) is 4.02. The summed E-state index contributed by atoms with van der Waals surface area (Å²) in [7, 11) is -1.47. The van der Waals surface area contributed by atoms with Crippen LogP contribution in [0.1, 0.15) is 30.4 Å². The summed E-state index contributed by atoms with van der Waals surface area (Å²) < 4.78 is 36.9. The summed E-state index contributed by atoms with van der Waals surface area (Å²) in [6.45, 7) is 5.10. The van der Waals surface area contributed by atoms with Gasteiger partial charge in [-0.3, -0.25) is 4.99 Å². The van der Waals surface area contributed by atoms with E-state index in [0.29, 0.717) is 32.2 Å². The van der Waals surface area contributed by atoms with Crippen molar-refractivity contribution in [2.75, 3.05) is 39.6 Å². The van der Waals surface area contributed by atoms with E-state index in [9.17, 15) is 8.42 Å². The van der Waals surface area contributed by atoms with E-state index in [1.807, 2.05) is 13.0 Å². The second-order valence-corrected chi connectivity index (χ2v) is 9.63. The van der Waals surface area contributed by atoms with E-state index in [4.69, 9.17) is 9.47 Å². The van der Waals surface area contributed by atoms with Crippen LogP contribution in [0.4, 0.5) is 0 Å². The maximum Gasteiger partial charge on any atom is 0.211 e. The highest BCUT2D eigenvalue weighted by atomic mass is 32.2. The summed E-state index contributed by atoms with van der Waals surface area (Å²) in [6, 6.07) is 6.13. The fraction of sp³-hybridized carbons (Fsp3) is 0.650. The van der Waals surface area contributed by atoms with Crippen molar-refractivity contribution in [2.45, 2.75) is 44.9 Å². The second kappa shape index (κ2) is 9.77. The van der Waals surface area contributed by atoms with Crippen LogP contribution in [0.15, 0.2) is 23.2 Å². The third-order valence-corrected chi connectivity index (χ3v) is 6.66. The Kier molecular flexibility index (Phi) is 7.37. The number of hydrogen-bond acceptors (Lipinski definition) is 5. The standard InChI is InChI=1S/C20H32N4O4S/c1-15-6-7-16(19(11-15)28-18-8-10-27-14-18)12-22-20(21-2)23-13-17-5-4-9-24(17)29(3,25)26/h6-7,11,17-18H,4-5,8-10,12-14H2,1-3H3,(H2,21,22,23)/t17-,18?/m1/s1. The third-order valence-electron chi connectivity index (χ3n) is 5.33. The fourth-order valence-corrected chi connectivity index (χ4v) is 4.95. The topological polar surface area (TPSA) is 92.3 Å². The van der Waals surface area contributed by atoms with Gasteiger partial charge in [-0.15, -0.1) is 0 Å². The van der Waals surface area contributed by atoms with Gasteiger partial charge >= 0.3 is 0 Å². The number of hydrogen-bond donors (Lipinski definition) is 2. The molecule has 8 nitrogen and oxygen atoms in total. The van der Waals surface area contributed by atoms with Gasteiger partial charge in [0.1, 0.15) is 11.9 Å². The molecule has 2 saturated heterocycles. The highest BCUT2D eigenvalue weighted by Crippen LogP contribution is 2.24. The lowest BCUT2D eigenvalue weighted by Crippen LogP contribution is -2.46. The number of nitrogens with zero attached hydrogens (tertiary/aromatic N) is 2. The van der Waals surface area contributed by atoms with Crippen molar-refractivity contribution in [3.63, 3.8) is 0 Å². The van der Waals surface area contributed by atoms with Crippen LogP contribution in [-0.4, -0.2) is 70.4 Å². The van der Waals surface area contributed by atoms with E-state index < -0.39 is 10.0 Å². The van der Waals surface area contributed by atoms with Crippen LogP contribution >= 0.6 is 0 Å². The van der Waals surface area contributed by atoms with E-state index in [1.165, 1.54) is 6.26 Å². The molecule has 1 aromatic carbocycles. The van der Waals surface area contributed by atoms with E-state index in [-0.39, 0.29) is 12.1 Å². The van der Waals surface area contributed by atoms with E-state index in [1.54, 1.807) is 11.4 Å². The van der Waals surface area contributed by atoms with Crippen molar-refractivity contribution >= 4 is 16.0 Å². The molecule has 0 amide bonds. The van der Waals surface area contributed by atoms with Crippen LogP contribution in [-0.2, 0) is 21.3 Å². The SMILES string of the molecule is CN=C(NCc1ccc(C)cc1OC1CCOC1)NC[C@H]1CCCN1S(C)(=O)=O. The molecule has 9 heteroatoms. The van der Waals surface area contributed by atoms with E-state index >= 15 is 0 Å². The van der Waals surface area contributed by atoms with Crippen LogP contribution in [0.5, 0.6) is 5.75 Å². The number of aliphatic imine (C=N–C) groups is 1. The van der Waals surface area contributed by atoms with Gasteiger partial charge in [-0.1, -0.05) is 12.1 Å². The molecule has 2 N–H and O–H groups in total. The Hall–Kier alpha value is -1.84. The average molecular weight is 425 g/mol. The molecule has 1 aromatic rings. The maximum absolute atomic E-state index is 11.9. The van der Waals surface area contributed by atoms with Crippen LogP contribution < -0.4 is 15.4 Å². The minimum atomic E-state index is -3.18. The predicted molar refractivity (Wildman–Crippen MR) is 114 cm³/mol. The highest BCUT2D eigenvalue weighted by molar-refractivity contribution is 7.88. The second-order valence-electron chi connectivity index (χ2n) is 7.69. The minimum absolute atomic E-state index is 0.0378. The van der Waals surface area contributed by atoms with Crippen molar-refractivity contribution < 1.29 is 17.9 Å². The van der Waals surface area contributed by atoms with Crippen LogP contribution in [0.25, 0.3) is 0 Å². The van der Waals surface area contributed by atoms with Gasteiger partial charge in [0.25, 0.3) is 0 Å². The van der Waals surface area contributed by atoms with Gasteiger partial charge in [0, 0.05) is 44.7 Å². The Balaban J connectivity index is 1.57. The number of rotatable bonds is 7. The Morgan fingerprint density at radius 2 is 2.17 bits per heavy atom. The molecule has 0 saturated carbocycles. The van der Waals surface area contributed by atoms with E-state index in [0.717, 1.165) is 42.7 Å². The first-order valence-electron chi connectivity index (χ1n) is 10.1. The molecule has 3 rings (SSSR count). The molecule has 0 aliphatic carbocycles. The molecule has 162 valence electrons. The molecule has 2 aliphatic heterocycles. The van der Waals surface area contributed by atoms with Gasteiger partial charge in [-0.25, -0.2) is 8.42 Å². The summed E-state index contributed by atoms with van der Waals surface area (Å²) >= 11 is 0. The van der Waals surface area contributed by atoms with Crippen molar-refractivity contribution in [3.8, 4) is 5.75 Å². The number of sulfonamides is 1. The fourth-order valence-electron chi connectivity index (χ4n) is 3.77. The zero-order valence-electron chi connectivity index (χ0n) is 17.5. The minimum Gasteiger partial charge on any atom is -0.488 e. The van der Waals surface area contributed by atoms with Gasteiger partial charge in [0.2, 0.25) is 10.0 Å². The smallest absolute Gasteiger partial charge is 0.211 e. The number of ether oxygens (including phenoxy) is 2. The van der Waals surface area contributed by atoms with Crippen molar-refractivity contribution in [1.29, 1.82) is 0 Å². The molecule has 29 heavy (non-hydrogen) atoms. The van der Waals surface area contributed by atoms with Gasteiger partial charge in [0.15, 0.2) is 5.96 Å². The molecular weight excluding hydrogens is 392 g/mol. The van der Waals surface area contributed by atoms with E-state index in [2.05, 4.69) is 27.8 Å². The molecular formula is C20H32N4O4S. The summed E-state index contributed by atoms with van der Waals surface area (Å²) in [4.78, 5) is 4.27. The van der Waals surface area contributed by atoms with Crippen molar-refractivity contribution in [2.24, 2.45) is 4.99 Å². The molecule has 1 unspecified atom stereocenters. The first-order chi connectivity index (χ1) is 13.9. The molecule has 2 aliphatic rings.